The number of halogens is 3. The summed E-state index contributed by atoms with van der Waals surface area (Å²) in [6, 6.07) is 3.47. The summed E-state index contributed by atoms with van der Waals surface area (Å²) in [5.41, 5.74) is 0.613. The molecule has 1 rings (SSSR count). The van der Waals surface area contributed by atoms with Crippen LogP contribution in [-0.2, 0) is 0 Å². The summed E-state index contributed by atoms with van der Waals surface area (Å²) < 4.78 is 7.14. The van der Waals surface area contributed by atoms with E-state index in [1.807, 2.05) is 0 Å². The predicted molar refractivity (Wildman–Crippen MR) is 71.1 cm³/mol. The minimum Gasteiger partial charge on any atom is -0.491 e. The maximum absolute atomic E-state index is 10.6. The van der Waals surface area contributed by atoms with E-state index in [1.165, 1.54) is 0 Å². The number of alkyl halides is 1. The van der Waals surface area contributed by atoms with Crippen LogP contribution in [0.3, 0.4) is 0 Å². The van der Waals surface area contributed by atoms with Gasteiger partial charge in [0.05, 0.1) is 15.6 Å². The zero-order valence-corrected chi connectivity index (χ0v) is 12.6. The molecule has 15 heavy (non-hydrogen) atoms. The molecule has 0 aliphatic heterocycles. The lowest BCUT2D eigenvalue weighted by Crippen LogP contribution is -1.99. The monoisotopic (exact) mass is 398 g/mol. The van der Waals surface area contributed by atoms with Crippen LogP contribution >= 0.6 is 47.8 Å². The second kappa shape index (κ2) is 6.66. The van der Waals surface area contributed by atoms with Crippen LogP contribution in [0.5, 0.6) is 5.75 Å². The van der Waals surface area contributed by atoms with Gasteiger partial charge in [0.25, 0.3) is 0 Å². The largest absolute Gasteiger partial charge is 0.491 e. The minimum absolute atomic E-state index is 0.613. The van der Waals surface area contributed by atoms with E-state index >= 15 is 0 Å². The molecule has 0 fully saturated rings. The lowest BCUT2D eigenvalue weighted by molar-refractivity contribution is 0.112. The molecule has 0 radical (unpaired) electrons. The van der Waals surface area contributed by atoms with Crippen molar-refractivity contribution in [1.29, 1.82) is 0 Å². The third kappa shape index (κ3) is 3.89. The molecule has 0 atom stereocenters. The maximum Gasteiger partial charge on any atom is 0.150 e. The molecular formula is C10H9Br3O2. The smallest absolute Gasteiger partial charge is 0.150 e. The zero-order chi connectivity index (χ0) is 11.3. The van der Waals surface area contributed by atoms with Gasteiger partial charge in [-0.25, -0.2) is 0 Å². The van der Waals surface area contributed by atoms with E-state index in [1.54, 1.807) is 12.1 Å². The molecule has 0 unspecified atom stereocenters. The summed E-state index contributed by atoms with van der Waals surface area (Å²) in [5, 5.41) is 0.911. The topological polar surface area (TPSA) is 26.3 Å². The molecule has 1 aromatic rings. The van der Waals surface area contributed by atoms with E-state index < -0.39 is 0 Å². The first-order valence-electron chi connectivity index (χ1n) is 4.32. The highest BCUT2D eigenvalue weighted by Gasteiger charge is 2.08. The molecule has 0 bridgehead atoms. The van der Waals surface area contributed by atoms with Crippen molar-refractivity contribution < 1.29 is 9.53 Å². The van der Waals surface area contributed by atoms with Crippen LogP contribution in [0.25, 0.3) is 0 Å². The van der Waals surface area contributed by atoms with E-state index in [0.717, 1.165) is 32.7 Å². The van der Waals surface area contributed by atoms with Crippen LogP contribution in [0, 0.1) is 0 Å². The lowest BCUT2D eigenvalue weighted by atomic mass is 10.2. The van der Waals surface area contributed by atoms with Crippen LogP contribution in [0.2, 0.25) is 0 Å². The van der Waals surface area contributed by atoms with E-state index in [0.29, 0.717) is 12.2 Å². The molecular weight excluding hydrogens is 392 g/mol. The Hall–Kier alpha value is 0.130. The standard InChI is InChI=1S/C10H9Br3O2/c11-2-1-3-15-10-8(12)4-7(6-14)5-9(10)13/h4-6H,1-3H2. The molecule has 0 aromatic heterocycles. The number of hydrogen-bond donors (Lipinski definition) is 0. The first kappa shape index (κ1) is 13.2. The van der Waals surface area contributed by atoms with Crippen molar-refractivity contribution in [1.82, 2.24) is 0 Å². The summed E-state index contributed by atoms with van der Waals surface area (Å²) in [4.78, 5) is 10.6. The Morgan fingerprint density at radius 1 is 1.27 bits per heavy atom. The van der Waals surface area contributed by atoms with Gasteiger partial charge < -0.3 is 4.74 Å². The Bertz CT molecular complexity index is 330. The number of ether oxygens (including phenoxy) is 1. The fourth-order valence-corrected chi connectivity index (χ4v) is 2.69. The first-order valence-corrected chi connectivity index (χ1v) is 7.02. The summed E-state index contributed by atoms with van der Waals surface area (Å²) in [5.74, 6) is 0.738. The molecule has 0 saturated heterocycles. The Morgan fingerprint density at radius 2 is 1.87 bits per heavy atom. The molecule has 0 saturated carbocycles. The molecule has 2 nitrogen and oxygen atoms in total. The highest BCUT2D eigenvalue weighted by Crippen LogP contribution is 2.34. The first-order chi connectivity index (χ1) is 7.19. The fourth-order valence-electron chi connectivity index (χ4n) is 1.01. The third-order valence-electron chi connectivity index (χ3n) is 1.68. The van der Waals surface area contributed by atoms with Gasteiger partial charge in [-0.1, -0.05) is 15.9 Å². The summed E-state index contributed by atoms with van der Waals surface area (Å²) >= 11 is 10.1. The molecule has 0 heterocycles. The van der Waals surface area contributed by atoms with Crippen LogP contribution in [0.15, 0.2) is 21.1 Å². The number of carbonyl (C=O) groups is 1. The van der Waals surface area contributed by atoms with Gasteiger partial charge in [0, 0.05) is 10.9 Å². The van der Waals surface area contributed by atoms with Gasteiger partial charge in [0.15, 0.2) is 0 Å². The van der Waals surface area contributed by atoms with Crippen molar-refractivity contribution >= 4 is 54.1 Å². The van der Waals surface area contributed by atoms with E-state index in [4.69, 9.17) is 4.74 Å². The Morgan fingerprint density at radius 3 is 2.33 bits per heavy atom. The summed E-state index contributed by atoms with van der Waals surface area (Å²) in [7, 11) is 0. The number of carbonyl (C=O) groups excluding carboxylic acids is 1. The molecule has 0 aliphatic rings. The molecule has 0 aliphatic carbocycles. The molecule has 0 spiro atoms. The van der Waals surface area contributed by atoms with Gasteiger partial charge in [-0.3, -0.25) is 4.79 Å². The van der Waals surface area contributed by atoms with Crippen LogP contribution < -0.4 is 4.74 Å². The number of benzene rings is 1. The zero-order valence-electron chi connectivity index (χ0n) is 7.80. The highest BCUT2D eigenvalue weighted by molar-refractivity contribution is 9.11. The van der Waals surface area contributed by atoms with Crippen LogP contribution in [-0.4, -0.2) is 18.2 Å². The van der Waals surface area contributed by atoms with Crippen molar-refractivity contribution in [2.45, 2.75) is 6.42 Å². The maximum atomic E-state index is 10.6. The van der Waals surface area contributed by atoms with E-state index in [-0.39, 0.29) is 0 Å². The number of aldehydes is 1. The summed E-state index contributed by atoms with van der Waals surface area (Å²) in [6.07, 6.45) is 1.74. The van der Waals surface area contributed by atoms with Gasteiger partial charge in [-0.2, -0.15) is 0 Å². The van der Waals surface area contributed by atoms with Crippen LogP contribution in [0.1, 0.15) is 16.8 Å². The van der Waals surface area contributed by atoms with Crippen molar-refractivity contribution in [3.05, 3.63) is 26.6 Å². The molecule has 1 aromatic carbocycles. The number of hydrogen-bond acceptors (Lipinski definition) is 2. The van der Waals surface area contributed by atoms with Crippen molar-refractivity contribution in [3.63, 3.8) is 0 Å². The third-order valence-corrected chi connectivity index (χ3v) is 3.42. The number of rotatable bonds is 5. The molecule has 82 valence electrons. The Balaban J connectivity index is 2.83. The fraction of sp³-hybridized carbons (Fsp3) is 0.300. The second-order valence-electron chi connectivity index (χ2n) is 2.82. The summed E-state index contributed by atoms with van der Waals surface area (Å²) in [6.45, 7) is 0.642. The van der Waals surface area contributed by atoms with Gasteiger partial charge in [-0.15, -0.1) is 0 Å². The average Bonchev–Trinajstić information content (AvgIpc) is 2.22. The molecule has 0 amide bonds. The van der Waals surface area contributed by atoms with Crippen molar-refractivity contribution in [3.8, 4) is 5.75 Å². The second-order valence-corrected chi connectivity index (χ2v) is 5.32. The Kier molecular flexibility index (Phi) is 5.86. The van der Waals surface area contributed by atoms with Gasteiger partial charge >= 0.3 is 0 Å². The lowest BCUT2D eigenvalue weighted by Gasteiger charge is -2.10. The molecule has 5 heteroatoms. The van der Waals surface area contributed by atoms with Crippen LogP contribution in [0.4, 0.5) is 0 Å². The van der Waals surface area contributed by atoms with E-state index in [2.05, 4.69) is 47.8 Å². The van der Waals surface area contributed by atoms with Gasteiger partial charge in [-0.05, 0) is 50.4 Å². The SMILES string of the molecule is O=Cc1cc(Br)c(OCCCBr)c(Br)c1. The predicted octanol–water partition coefficient (Wildman–Crippen LogP) is 4.19. The van der Waals surface area contributed by atoms with Crippen molar-refractivity contribution in [2.75, 3.05) is 11.9 Å². The average molecular weight is 401 g/mol. The molecule has 0 N–H and O–H groups in total. The van der Waals surface area contributed by atoms with Gasteiger partial charge in [0.2, 0.25) is 0 Å². The normalized spacial score (nSPS) is 10.1. The van der Waals surface area contributed by atoms with Crippen molar-refractivity contribution in [2.24, 2.45) is 0 Å². The quantitative estimate of drug-likeness (QED) is 0.421. The van der Waals surface area contributed by atoms with Gasteiger partial charge in [0.1, 0.15) is 12.0 Å². The Labute approximate surface area is 114 Å². The minimum atomic E-state index is 0.613. The van der Waals surface area contributed by atoms with E-state index in [9.17, 15) is 4.79 Å². The highest BCUT2D eigenvalue weighted by atomic mass is 79.9.